The predicted octanol–water partition coefficient (Wildman–Crippen LogP) is 4.80. The van der Waals surface area contributed by atoms with Gasteiger partial charge in [0.25, 0.3) is 0 Å². The van der Waals surface area contributed by atoms with Crippen molar-refractivity contribution in [1.29, 1.82) is 0 Å². The quantitative estimate of drug-likeness (QED) is 0.691. The molecule has 2 aromatic rings. The first-order chi connectivity index (χ1) is 8.68. The Morgan fingerprint density at radius 2 is 2.22 bits per heavy atom. The van der Waals surface area contributed by atoms with E-state index in [1.807, 2.05) is 4.68 Å². The lowest BCUT2D eigenvalue weighted by molar-refractivity contribution is -0.0366. The molecule has 1 atom stereocenters. The summed E-state index contributed by atoms with van der Waals surface area (Å²) in [6.07, 6.45) is 4.95. The van der Waals surface area contributed by atoms with Crippen LogP contribution in [0, 0.1) is 0 Å². The van der Waals surface area contributed by atoms with Crippen molar-refractivity contribution in [2.24, 2.45) is 0 Å². The summed E-state index contributed by atoms with van der Waals surface area (Å²) in [6, 6.07) is 1.79. The van der Waals surface area contributed by atoms with Crippen molar-refractivity contribution < 1.29 is 4.74 Å². The minimum Gasteiger partial charge on any atom is -0.356 e. The minimum atomic E-state index is -0.0425. The molecule has 1 fully saturated rings. The molecule has 0 aliphatic carbocycles. The van der Waals surface area contributed by atoms with Gasteiger partial charge < -0.3 is 4.74 Å². The van der Waals surface area contributed by atoms with E-state index < -0.39 is 0 Å². The summed E-state index contributed by atoms with van der Waals surface area (Å²) >= 11 is 15.9. The molecular formula is C12H11BrCl2N2O. The summed E-state index contributed by atoms with van der Waals surface area (Å²) in [5.41, 5.74) is 0.836. The number of aromatic nitrogens is 2. The van der Waals surface area contributed by atoms with Crippen LogP contribution in [0.1, 0.15) is 25.5 Å². The smallest absolute Gasteiger partial charge is 0.150 e. The SMILES string of the molecule is Clc1cc(Br)c2cnn(C3CCCCO3)c2c1Cl. The number of nitrogens with zero attached hydrogens (tertiary/aromatic N) is 2. The molecular weight excluding hydrogens is 339 g/mol. The highest BCUT2D eigenvalue weighted by Gasteiger charge is 2.21. The highest BCUT2D eigenvalue weighted by molar-refractivity contribution is 9.10. The van der Waals surface area contributed by atoms with Gasteiger partial charge in [-0.3, -0.25) is 0 Å². The summed E-state index contributed by atoms with van der Waals surface area (Å²) in [7, 11) is 0. The number of benzene rings is 1. The molecule has 3 nitrogen and oxygen atoms in total. The number of halogens is 3. The largest absolute Gasteiger partial charge is 0.356 e. The zero-order chi connectivity index (χ0) is 12.7. The zero-order valence-corrected chi connectivity index (χ0v) is 12.6. The minimum absolute atomic E-state index is 0.0425. The molecule has 1 saturated heterocycles. The molecule has 0 radical (unpaired) electrons. The van der Waals surface area contributed by atoms with E-state index >= 15 is 0 Å². The summed E-state index contributed by atoms with van der Waals surface area (Å²) in [4.78, 5) is 0. The van der Waals surface area contributed by atoms with Crippen LogP contribution in [0.3, 0.4) is 0 Å². The van der Waals surface area contributed by atoms with Crippen molar-refractivity contribution in [1.82, 2.24) is 9.78 Å². The molecule has 0 bridgehead atoms. The fourth-order valence-electron chi connectivity index (χ4n) is 2.26. The van der Waals surface area contributed by atoms with Gasteiger partial charge in [0.1, 0.15) is 0 Å². The van der Waals surface area contributed by atoms with E-state index in [1.165, 1.54) is 0 Å². The van der Waals surface area contributed by atoms with Crippen LogP contribution in [-0.2, 0) is 4.74 Å². The highest BCUT2D eigenvalue weighted by Crippen LogP contribution is 2.38. The van der Waals surface area contributed by atoms with Crippen LogP contribution in [0.15, 0.2) is 16.7 Å². The van der Waals surface area contributed by atoms with Crippen molar-refractivity contribution in [3.63, 3.8) is 0 Å². The molecule has 96 valence electrons. The third-order valence-corrected chi connectivity index (χ3v) is 4.59. The topological polar surface area (TPSA) is 27.1 Å². The van der Waals surface area contributed by atoms with Crippen molar-refractivity contribution in [2.75, 3.05) is 6.61 Å². The van der Waals surface area contributed by atoms with Gasteiger partial charge in [0.15, 0.2) is 6.23 Å². The van der Waals surface area contributed by atoms with Crippen LogP contribution < -0.4 is 0 Å². The maximum atomic E-state index is 6.29. The first kappa shape index (κ1) is 12.7. The Morgan fingerprint density at radius 3 is 2.94 bits per heavy atom. The van der Waals surface area contributed by atoms with Gasteiger partial charge in [-0.1, -0.05) is 23.2 Å². The van der Waals surface area contributed by atoms with Crippen LogP contribution in [0.5, 0.6) is 0 Å². The van der Waals surface area contributed by atoms with Crippen LogP contribution >= 0.6 is 39.1 Å². The van der Waals surface area contributed by atoms with E-state index in [0.717, 1.165) is 41.2 Å². The normalized spacial score (nSPS) is 20.5. The molecule has 0 amide bonds. The third kappa shape index (κ3) is 2.05. The number of hydrogen-bond donors (Lipinski definition) is 0. The Bertz CT molecular complexity index is 593. The molecule has 1 unspecified atom stereocenters. The Hall–Kier alpha value is -0.290. The summed E-state index contributed by atoms with van der Waals surface area (Å²) < 4.78 is 8.49. The van der Waals surface area contributed by atoms with Crippen LogP contribution in [0.4, 0.5) is 0 Å². The molecule has 0 saturated carbocycles. The number of hydrogen-bond acceptors (Lipinski definition) is 2. The predicted molar refractivity (Wildman–Crippen MR) is 76.3 cm³/mol. The molecule has 3 rings (SSSR count). The van der Waals surface area contributed by atoms with Gasteiger partial charge in [-0.15, -0.1) is 0 Å². The standard InChI is InChI=1S/C12H11BrCl2N2O/c13-8-5-9(14)11(15)12-7(8)6-16-17(12)10-3-1-2-4-18-10/h5-6,10H,1-4H2. The Balaban J connectivity index is 2.18. The van der Waals surface area contributed by atoms with Gasteiger partial charge in [0, 0.05) is 16.5 Å². The molecule has 1 aliphatic heterocycles. The monoisotopic (exact) mass is 348 g/mol. The average molecular weight is 350 g/mol. The molecule has 1 aliphatic rings. The molecule has 1 aromatic carbocycles. The second kappa shape index (κ2) is 5.00. The molecule has 0 N–H and O–H groups in total. The number of ether oxygens (including phenoxy) is 1. The lowest BCUT2D eigenvalue weighted by atomic mass is 10.2. The molecule has 6 heteroatoms. The van der Waals surface area contributed by atoms with Crippen molar-refractivity contribution >= 4 is 50.0 Å². The van der Waals surface area contributed by atoms with E-state index in [-0.39, 0.29) is 6.23 Å². The van der Waals surface area contributed by atoms with Crippen molar-refractivity contribution in [2.45, 2.75) is 25.5 Å². The van der Waals surface area contributed by atoms with Crippen LogP contribution in [-0.4, -0.2) is 16.4 Å². The van der Waals surface area contributed by atoms with Gasteiger partial charge in [-0.05, 0) is 41.3 Å². The van der Waals surface area contributed by atoms with E-state index in [0.29, 0.717) is 10.0 Å². The second-order valence-corrected chi connectivity index (χ2v) is 5.97. The van der Waals surface area contributed by atoms with Crippen LogP contribution in [0.25, 0.3) is 10.9 Å². The average Bonchev–Trinajstić information content (AvgIpc) is 2.82. The number of rotatable bonds is 1. The Morgan fingerprint density at radius 1 is 1.39 bits per heavy atom. The lowest BCUT2D eigenvalue weighted by Gasteiger charge is -2.23. The van der Waals surface area contributed by atoms with Gasteiger partial charge in [0.05, 0.1) is 21.8 Å². The second-order valence-electron chi connectivity index (χ2n) is 4.33. The lowest BCUT2D eigenvalue weighted by Crippen LogP contribution is -2.19. The Kier molecular flexibility index (Phi) is 3.54. The van der Waals surface area contributed by atoms with Crippen LogP contribution in [0.2, 0.25) is 10.0 Å². The summed E-state index contributed by atoms with van der Waals surface area (Å²) in [5, 5.41) is 6.41. The third-order valence-electron chi connectivity index (χ3n) is 3.15. The molecule has 1 aromatic heterocycles. The van der Waals surface area contributed by atoms with Gasteiger partial charge in [0.2, 0.25) is 0 Å². The summed E-state index contributed by atoms with van der Waals surface area (Å²) in [6.45, 7) is 0.769. The Labute approximate surface area is 123 Å². The van der Waals surface area contributed by atoms with E-state index in [9.17, 15) is 0 Å². The number of fused-ring (bicyclic) bond motifs is 1. The fourth-order valence-corrected chi connectivity index (χ4v) is 3.35. The van der Waals surface area contributed by atoms with Crippen molar-refractivity contribution in [3.05, 3.63) is 26.8 Å². The van der Waals surface area contributed by atoms with E-state index in [4.69, 9.17) is 27.9 Å². The van der Waals surface area contributed by atoms with E-state index in [1.54, 1.807) is 12.3 Å². The molecule has 0 spiro atoms. The maximum absolute atomic E-state index is 6.29. The van der Waals surface area contributed by atoms with Gasteiger partial charge in [-0.25, -0.2) is 4.68 Å². The molecule has 2 heterocycles. The maximum Gasteiger partial charge on any atom is 0.150 e. The zero-order valence-electron chi connectivity index (χ0n) is 9.50. The molecule has 18 heavy (non-hydrogen) atoms. The van der Waals surface area contributed by atoms with E-state index in [2.05, 4.69) is 21.0 Å². The van der Waals surface area contributed by atoms with Gasteiger partial charge >= 0.3 is 0 Å². The van der Waals surface area contributed by atoms with Crippen molar-refractivity contribution in [3.8, 4) is 0 Å². The fraction of sp³-hybridized carbons (Fsp3) is 0.417. The first-order valence-corrected chi connectivity index (χ1v) is 7.35. The highest BCUT2D eigenvalue weighted by atomic mass is 79.9. The summed E-state index contributed by atoms with van der Waals surface area (Å²) in [5.74, 6) is 0. The van der Waals surface area contributed by atoms with Gasteiger partial charge in [-0.2, -0.15) is 5.10 Å². The first-order valence-electron chi connectivity index (χ1n) is 5.81.